The molecule has 21 heavy (non-hydrogen) atoms. The molecule has 0 unspecified atom stereocenters. The number of nitriles is 1. The van der Waals surface area contributed by atoms with E-state index in [9.17, 15) is 4.79 Å². The average molecular weight is 283 g/mol. The second kappa shape index (κ2) is 6.39. The molecule has 0 radical (unpaired) electrons. The number of nitrogens with zero attached hydrogens (tertiary/aromatic N) is 2. The second-order valence-electron chi connectivity index (χ2n) is 4.07. The lowest BCUT2D eigenvalue weighted by atomic mass is 10.2. The molecule has 106 valence electrons. The molecular weight excluding hydrogens is 270 g/mol. The Labute approximate surface area is 121 Å². The van der Waals surface area contributed by atoms with E-state index in [1.807, 2.05) is 6.07 Å². The first-order valence-electron chi connectivity index (χ1n) is 6.24. The molecule has 1 aromatic carbocycles. The number of benzene rings is 1. The van der Waals surface area contributed by atoms with Gasteiger partial charge in [-0.05, 0) is 25.1 Å². The van der Waals surface area contributed by atoms with Crippen LogP contribution in [-0.2, 0) is 4.74 Å². The number of hydrogen-bond donors (Lipinski definition) is 1. The summed E-state index contributed by atoms with van der Waals surface area (Å²) in [6.45, 7) is 1.96. The van der Waals surface area contributed by atoms with Crippen LogP contribution < -0.4 is 10.5 Å². The number of pyridine rings is 1. The highest BCUT2D eigenvalue weighted by atomic mass is 16.5. The Balaban J connectivity index is 2.26. The number of ether oxygens (including phenoxy) is 2. The molecule has 0 saturated carbocycles. The van der Waals surface area contributed by atoms with Crippen molar-refractivity contribution >= 4 is 11.7 Å². The zero-order valence-corrected chi connectivity index (χ0v) is 11.4. The van der Waals surface area contributed by atoms with Crippen LogP contribution in [-0.4, -0.2) is 17.6 Å². The van der Waals surface area contributed by atoms with Crippen molar-refractivity contribution in [2.75, 3.05) is 12.3 Å². The van der Waals surface area contributed by atoms with Crippen LogP contribution in [0.15, 0.2) is 36.5 Å². The van der Waals surface area contributed by atoms with Crippen molar-refractivity contribution < 1.29 is 14.3 Å². The van der Waals surface area contributed by atoms with Gasteiger partial charge in [-0.15, -0.1) is 0 Å². The molecule has 2 N–H and O–H groups in total. The number of hydrogen-bond acceptors (Lipinski definition) is 6. The van der Waals surface area contributed by atoms with E-state index < -0.39 is 5.97 Å². The van der Waals surface area contributed by atoms with E-state index in [2.05, 4.69) is 4.98 Å². The van der Waals surface area contributed by atoms with Gasteiger partial charge in [0, 0.05) is 6.07 Å². The monoisotopic (exact) mass is 283 g/mol. The zero-order valence-electron chi connectivity index (χ0n) is 11.4. The summed E-state index contributed by atoms with van der Waals surface area (Å²) in [5, 5.41) is 8.84. The van der Waals surface area contributed by atoms with Crippen molar-refractivity contribution in [2.45, 2.75) is 6.92 Å². The Kier molecular flexibility index (Phi) is 4.36. The lowest BCUT2D eigenvalue weighted by Gasteiger charge is -2.08. The molecule has 0 aliphatic carbocycles. The first-order chi connectivity index (χ1) is 10.1. The molecule has 2 rings (SSSR count). The van der Waals surface area contributed by atoms with Crippen molar-refractivity contribution in [3.63, 3.8) is 0 Å². The predicted octanol–water partition coefficient (Wildman–Crippen LogP) is 2.50. The van der Waals surface area contributed by atoms with Gasteiger partial charge in [-0.1, -0.05) is 6.07 Å². The number of carbonyl (C=O) groups is 1. The molecule has 0 aliphatic heterocycles. The number of carbonyl (C=O) groups excluding carboxylic acids is 1. The van der Waals surface area contributed by atoms with E-state index in [0.29, 0.717) is 11.3 Å². The zero-order chi connectivity index (χ0) is 15.2. The van der Waals surface area contributed by atoms with Gasteiger partial charge in [0.2, 0.25) is 5.88 Å². The molecule has 1 aromatic heterocycles. The largest absolute Gasteiger partial charge is 0.462 e. The average Bonchev–Trinajstić information content (AvgIpc) is 2.49. The molecule has 0 bridgehead atoms. The van der Waals surface area contributed by atoms with Gasteiger partial charge >= 0.3 is 5.97 Å². The van der Waals surface area contributed by atoms with Crippen LogP contribution in [0.4, 0.5) is 5.69 Å². The van der Waals surface area contributed by atoms with Gasteiger partial charge in [0.05, 0.1) is 35.7 Å². The highest BCUT2D eigenvalue weighted by Gasteiger charge is 2.13. The molecule has 0 saturated heterocycles. The number of nitrogens with two attached hydrogens (primary N) is 1. The fourth-order valence-electron chi connectivity index (χ4n) is 1.64. The van der Waals surface area contributed by atoms with Gasteiger partial charge in [-0.25, -0.2) is 9.78 Å². The maximum absolute atomic E-state index is 11.7. The lowest BCUT2D eigenvalue weighted by Crippen LogP contribution is -2.08. The minimum absolute atomic E-state index is 0.193. The Bertz CT molecular complexity index is 708. The number of anilines is 1. The van der Waals surface area contributed by atoms with Gasteiger partial charge in [0.1, 0.15) is 5.75 Å². The number of rotatable bonds is 4. The molecule has 2 aromatic rings. The van der Waals surface area contributed by atoms with E-state index in [1.54, 1.807) is 31.2 Å². The van der Waals surface area contributed by atoms with E-state index in [0.717, 1.165) is 0 Å². The minimum Gasteiger partial charge on any atom is -0.462 e. The second-order valence-corrected chi connectivity index (χ2v) is 4.07. The van der Waals surface area contributed by atoms with Gasteiger partial charge in [-0.2, -0.15) is 5.26 Å². The van der Waals surface area contributed by atoms with Crippen LogP contribution in [0.2, 0.25) is 0 Å². The smallest absolute Gasteiger partial charge is 0.340 e. The number of aromatic nitrogens is 1. The first kappa shape index (κ1) is 14.3. The van der Waals surface area contributed by atoms with Crippen LogP contribution in [0.25, 0.3) is 0 Å². The van der Waals surface area contributed by atoms with E-state index in [-0.39, 0.29) is 23.7 Å². The maximum Gasteiger partial charge on any atom is 0.340 e. The third-order valence-corrected chi connectivity index (χ3v) is 2.59. The highest BCUT2D eigenvalue weighted by Crippen LogP contribution is 2.23. The summed E-state index contributed by atoms with van der Waals surface area (Å²) in [7, 11) is 0. The normalized spacial score (nSPS) is 9.71. The molecule has 6 nitrogen and oxygen atoms in total. The molecule has 0 fully saturated rings. The summed E-state index contributed by atoms with van der Waals surface area (Å²) in [5.41, 5.74) is 6.57. The van der Waals surface area contributed by atoms with E-state index in [1.165, 1.54) is 12.3 Å². The molecule has 0 amide bonds. The van der Waals surface area contributed by atoms with Gasteiger partial charge in [-0.3, -0.25) is 0 Å². The van der Waals surface area contributed by atoms with Crippen molar-refractivity contribution in [1.29, 1.82) is 5.26 Å². The predicted molar refractivity (Wildman–Crippen MR) is 75.8 cm³/mol. The summed E-state index contributed by atoms with van der Waals surface area (Å²) in [6, 6.07) is 10.0. The molecule has 6 heteroatoms. The van der Waals surface area contributed by atoms with Crippen LogP contribution in [0.5, 0.6) is 11.6 Å². The standard InChI is InChI=1S/C15H13N3O3/c1-2-20-15(19)12-7-14(18-9-13(12)17)21-11-5-3-4-10(6-11)8-16/h3-7,9H,2,17H2,1H3. The fraction of sp³-hybridized carbons (Fsp3) is 0.133. The molecule has 1 heterocycles. The fourth-order valence-corrected chi connectivity index (χ4v) is 1.64. The third-order valence-electron chi connectivity index (χ3n) is 2.59. The SMILES string of the molecule is CCOC(=O)c1cc(Oc2cccc(C#N)c2)ncc1N. The summed E-state index contributed by atoms with van der Waals surface area (Å²) >= 11 is 0. The Morgan fingerprint density at radius 1 is 1.43 bits per heavy atom. The molecule has 0 aliphatic rings. The van der Waals surface area contributed by atoms with E-state index in [4.69, 9.17) is 20.5 Å². The Hall–Kier alpha value is -3.07. The summed E-state index contributed by atoms with van der Waals surface area (Å²) in [6.07, 6.45) is 1.33. The first-order valence-corrected chi connectivity index (χ1v) is 6.24. The van der Waals surface area contributed by atoms with Crippen LogP contribution in [0.3, 0.4) is 0 Å². The Morgan fingerprint density at radius 3 is 2.95 bits per heavy atom. The topological polar surface area (TPSA) is 98.2 Å². The summed E-state index contributed by atoms with van der Waals surface area (Å²) < 4.78 is 10.4. The third kappa shape index (κ3) is 3.48. The molecule has 0 atom stereocenters. The summed E-state index contributed by atoms with van der Waals surface area (Å²) in [4.78, 5) is 15.7. The van der Waals surface area contributed by atoms with Crippen molar-refractivity contribution in [1.82, 2.24) is 4.98 Å². The van der Waals surface area contributed by atoms with Crippen molar-refractivity contribution in [3.05, 3.63) is 47.7 Å². The molecule has 0 spiro atoms. The van der Waals surface area contributed by atoms with Gasteiger partial charge < -0.3 is 15.2 Å². The minimum atomic E-state index is -0.534. The maximum atomic E-state index is 11.7. The van der Waals surface area contributed by atoms with Crippen LogP contribution >= 0.6 is 0 Å². The lowest BCUT2D eigenvalue weighted by molar-refractivity contribution is 0.0527. The number of nitrogen functional groups attached to an aromatic ring is 1. The van der Waals surface area contributed by atoms with Crippen LogP contribution in [0.1, 0.15) is 22.8 Å². The van der Waals surface area contributed by atoms with Crippen molar-refractivity contribution in [3.8, 4) is 17.7 Å². The van der Waals surface area contributed by atoms with E-state index >= 15 is 0 Å². The van der Waals surface area contributed by atoms with Crippen molar-refractivity contribution in [2.24, 2.45) is 0 Å². The molecular formula is C15H13N3O3. The Morgan fingerprint density at radius 2 is 2.24 bits per heavy atom. The van der Waals surface area contributed by atoms with Crippen LogP contribution in [0, 0.1) is 11.3 Å². The quantitative estimate of drug-likeness (QED) is 0.865. The van der Waals surface area contributed by atoms with Gasteiger partial charge in [0.15, 0.2) is 0 Å². The highest BCUT2D eigenvalue weighted by molar-refractivity contribution is 5.95. The summed E-state index contributed by atoms with van der Waals surface area (Å²) in [5.74, 6) is 0.108. The van der Waals surface area contributed by atoms with Gasteiger partial charge in [0.25, 0.3) is 0 Å². The number of esters is 1.